The van der Waals surface area contributed by atoms with Gasteiger partial charge in [-0.1, -0.05) is 19.9 Å². The van der Waals surface area contributed by atoms with E-state index in [1.54, 1.807) is 33.9 Å². The van der Waals surface area contributed by atoms with Crippen LogP contribution in [0.2, 0.25) is 0 Å². The van der Waals surface area contributed by atoms with Crippen LogP contribution in [0.25, 0.3) is 0 Å². The fourth-order valence-corrected chi connectivity index (χ4v) is 4.62. The van der Waals surface area contributed by atoms with E-state index in [0.29, 0.717) is 23.4 Å². The summed E-state index contributed by atoms with van der Waals surface area (Å²) in [5.41, 5.74) is 0.726. The standard InChI is InChI=1S/C23H28F4N2O2/c1-14-5-6-15(24)11-17(14)22(2,3)12-20(31)21(23(25,26)27)29-10-8-19(30)16-13-28(4)9-7-18(16)29/h5-6,8,10-11,20-21,31H,7,9,12-13H2,1-4H3. The Morgan fingerprint density at radius 3 is 2.52 bits per heavy atom. The molecule has 0 aliphatic carbocycles. The van der Waals surface area contributed by atoms with Crippen molar-refractivity contribution >= 4 is 0 Å². The molecule has 0 spiro atoms. The van der Waals surface area contributed by atoms with E-state index in [9.17, 15) is 27.5 Å². The molecule has 1 aliphatic rings. The van der Waals surface area contributed by atoms with Crippen LogP contribution in [0.4, 0.5) is 17.6 Å². The van der Waals surface area contributed by atoms with Crippen molar-refractivity contribution in [1.82, 2.24) is 9.47 Å². The number of aryl methyl sites for hydroxylation is 1. The van der Waals surface area contributed by atoms with Gasteiger partial charge in [-0.3, -0.25) is 4.79 Å². The third-order valence-electron chi connectivity index (χ3n) is 6.15. The van der Waals surface area contributed by atoms with E-state index < -0.39 is 29.6 Å². The molecule has 1 aromatic carbocycles. The summed E-state index contributed by atoms with van der Waals surface area (Å²) < 4.78 is 57.4. The molecule has 1 aromatic heterocycles. The maximum Gasteiger partial charge on any atom is 0.411 e. The zero-order chi connectivity index (χ0) is 23.1. The number of fused-ring (bicyclic) bond motifs is 1. The second-order valence-corrected chi connectivity index (χ2v) is 9.10. The van der Waals surface area contributed by atoms with E-state index in [4.69, 9.17) is 0 Å². The molecule has 1 N–H and O–H groups in total. The second kappa shape index (κ2) is 8.39. The Balaban J connectivity index is 2.02. The van der Waals surface area contributed by atoms with Gasteiger partial charge in [0, 0.05) is 43.0 Å². The topological polar surface area (TPSA) is 45.5 Å². The lowest BCUT2D eigenvalue weighted by atomic mass is 9.76. The maximum atomic E-state index is 14.2. The predicted molar refractivity (Wildman–Crippen MR) is 111 cm³/mol. The van der Waals surface area contributed by atoms with Gasteiger partial charge in [-0.05, 0) is 49.1 Å². The molecule has 170 valence electrons. The third kappa shape index (κ3) is 4.85. The molecule has 2 aromatic rings. The number of aromatic nitrogens is 1. The molecular weight excluding hydrogens is 412 g/mol. The van der Waals surface area contributed by atoms with E-state index in [2.05, 4.69) is 0 Å². The average Bonchev–Trinajstić information content (AvgIpc) is 2.64. The van der Waals surface area contributed by atoms with Crippen LogP contribution in [0.5, 0.6) is 0 Å². The minimum atomic E-state index is -4.74. The molecule has 0 saturated carbocycles. The van der Waals surface area contributed by atoms with Crippen molar-refractivity contribution in [3.05, 3.63) is 68.9 Å². The second-order valence-electron chi connectivity index (χ2n) is 9.10. The molecule has 0 fully saturated rings. The smallest absolute Gasteiger partial charge is 0.391 e. The van der Waals surface area contributed by atoms with Crippen LogP contribution in [-0.2, 0) is 18.4 Å². The zero-order valence-corrected chi connectivity index (χ0v) is 18.1. The zero-order valence-electron chi connectivity index (χ0n) is 18.1. The summed E-state index contributed by atoms with van der Waals surface area (Å²) in [4.78, 5) is 14.1. The first-order chi connectivity index (χ1) is 14.3. The summed E-state index contributed by atoms with van der Waals surface area (Å²) in [6, 6.07) is 3.10. The number of aliphatic hydroxyl groups excluding tert-OH is 1. The number of benzene rings is 1. The lowest BCUT2D eigenvalue weighted by molar-refractivity contribution is -0.194. The Morgan fingerprint density at radius 1 is 1.19 bits per heavy atom. The highest BCUT2D eigenvalue weighted by Crippen LogP contribution is 2.40. The molecule has 0 radical (unpaired) electrons. The number of aliphatic hydroxyl groups is 1. The van der Waals surface area contributed by atoms with Gasteiger partial charge in [0.15, 0.2) is 11.5 Å². The summed E-state index contributed by atoms with van der Waals surface area (Å²) >= 11 is 0. The van der Waals surface area contributed by atoms with Crippen molar-refractivity contribution in [2.75, 3.05) is 13.6 Å². The fourth-order valence-electron chi connectivity index (χ4n) is 4.62. The van der Waals surface area contributed by atoms with Gasteiger partial charge >= 0.3 is 6.18 Å². The lowest BCUT2D eigenvalue weighted by Gasteiger charge is -2.37. The number of nitrogens with zero attached hydrogens (tertiary/aromatic N) is 2. The van der Waals surface area contributed by atoms with Crippen molar-refractivity contribution in [3.63, 3.8) is 0 Å². The Bertz CT molecular complexity index is 1010. The molecule has 0 amide bonds. The normalized spacial score (nSPS) is 17.3. The molecule has 0 bridgehead atoms. The lowest BCUT2D eigenvalue weighted by Crippen LogP contribution is -2.43. The Labute approximate surface area is 179 Å². The number of hydrogen-bond acceptors (Lipinski definition) is 3. The minimum Gasteiger partial charge on any atom is -0.391 e. The quantitative estimate of drug-likeness (QED) is 0.712. The van der Waals surface area contributed by atoms with Crippen LogP contribution >= 0.6 is 0 Å². The van der Waals surface area contributed by atoms with Crippen LogP contribution in [0.1, 0.15) is 48.7 Å². The molecule has 2 atom stereocenters. The largest absolute Gasteiger partial charge is 0.411 e. The summed E-state index contributed by atoms with van der Waals surface area (Å²) in [5, 5.41) is 10.9. The summed E-state index contributed by atoms with van der Waals surface area (Å²) in [6.45, 7) is 5.94. The summed E-state index contributed by atoms with van der Waals surface area (Å²) in [5.74, 6) is -0.478. The monoisotopic (exact) mass is 440 g/mol. The molecular formula is C23H28F4N2O2. The maximum absolute atomic E-state index is 14.2. The van der Waals surface area contributed by atoms with E-state index in [-0.39, 0.29) is 24.8 Å². The van der Waals surface area contributed by atoms with E-state index in [1.807, 2.05) is 4.90 Å². The Morgan fingerprint density at radius 2 is 1.87 bits per heavy atom. The highest BCUT2D eigenvalue weighted by atomic mass is 19.4. The first-order valence-electron chi connectivity index (χ1n) is 10.2. The SMILES string of the molecule is Cc1ccc(F)cc1C(C)(C)CC(O)C(n1ccc(=O)c2c1CCN(C)C2)C(F)(F)F. The van der Waals surface area contributed by atoms with Crippen LogP contribution < -0.4 is 5.43 Å². The average molecular weight is 440 g/mol. The van der Waals surface area contributed by atoms with Crippen LogP contribution in [0.15, 0.2) is 35.3 Å². The van der Waals surface area contributed by atoms with Gasteiger partial charge in [0.1, 0.15) is 5.82 Å². The summed E-state index contributed by atoms with van der Waals surface area (Å²) in [6.07, 6.45) is -5.34. The van der Waals surface area contributed by atoms with E-state index in [0.717, 1.165) is 22.4 Å². The molecule has 2 unspecified atom stereocenters. The Hall–Kier alpha value is -2.19. The van der Waals surface area contributed by atoms with Gasteiger partial charge in [-0.25, -0.2) is 4.39 Å². The number of rotatable bonds is 5. The van der Waals surface area contributed by atoms with E-state index in [1.165, 1.54) is 12.1 Å². The molecule has 8 heteroatoms. The number of likely N-dealkylation sites (N-methyl/N-ethyl adjacent to an activating group) is 1. The highest BCUT2D eigenvalue weighted by molar-refractivity contribution is 5.33. The van der Waals surface area contributed by atoms with Crippen molar-refractivity contribution in [1.29, 1.82) is 0 Å². The minimum absolute atomic E-state index is 0.234. The number of pyridine rings is 1. The number of hydrogen-bond donors (Lipinski definition) is 1. The van der Waals surface area contributed by atoms with Crippen LogP contribution in [-0.4, -0.2) is 40.4 Å². The molecule has 31 heavy (non-hydrogen) atoms. The van der Waals surface area contributed by atoms with Crippen LogP contribution in [0, 0.1) is 12.7 Å². The van der Waals surface area contributed by atoms with Gasteiger partial charge in [0.2, 0.25) is 0 Å². The van der Waals surface area contributed by atoms with Gasteiger partial charge in [-0.15, -0.1) is 0 Å². The van der Waals surface area contributed by atoms with Gasteiger partial charge < -0.3 is 14.6 Å². The highest BCUT2D eigenvalue weighted by Gasteiger charge is 2.48. The fraction of sp³-hybridized carbons (Fsp3) is 0.522. The molecule has 4 nitrogen and oxygen atoms in total. The van der Waals surface area contributed by atoms with Gasteiger partial charge in [-0.2, -0.15) is 13.2 Å². The first kappa shape index (κ1) is 23.5. The van der Waals surface area contributed by atoms with Crippen molar-refractivity contribution < 1.29 is 22.7 Å². The molecule has 0 saturated heterocycles. The van der Waals surface area contributed by atoms with Crippen molar-refractivity contribution in [3.8, 4) is 0 Å². The van der Waals surface area contributed by atoms with Crippen molar-refractivity contribution in [2.24, 2.45) is 0 Å². The Kier molecular flexibility index (Phi) is 6.35. The first-order valence-corrected chi connectivity index (χ1v) is 10.2. The number of alkyl halides is 3. The van der Waals surface area contributed by atoms with Crippen LogP contribution in [0.3, 0.4) is 0 Å². The third-order valence-corrected chi connectivity index (χ3v) is 6.15. The van der Waals surface area contributed by atoms with Crippen molar-refractivity contribution in [2.45, 2.75) is 63.9 Å². The molecule has 2 heterocycles. The van der Waals surface area contributed by atoms with E-state index >= 15 is 0 Å². The predicted octanol–water partition coefficient (Wildman–Crippen LogP) is 4.12. The van der Waals surface area contributed by atoms with Gasteiger partial charge in [0.05, 0.1) is 6.10 Å². The van der Waals surface area contributed by atoms with Gasteiger partial charge in [0.25, 0.3) is 0 Å². The molecule has 1 aliphatic heterocycles. The molecule has 3 rings (SSSR count). The number of halogens is 4. The summed E-state index contributed by atoms with van der Waals surface area (Å²) in [7, 11) is 1.81.